The predicted molar refractivity (Wildman–Crippen MR) is 184 cm³/mol. The number of nitrogens with zero attached hydrogens (tertiary/aromatic N) is 2. The molecule has 10 heteroatoms. The summed E-state index contributed by atoms with van der Waals surface area (Å²) in [6, 6.07) is 28.9. The highest BCUT2D eigenvalue weighted by molar-refractivity contribution is 7.92. The molecule has 0 fully saturated rings. The molecule has 4 aromatic carbocycles. The summed E-state index contributed by atoms with van der Waals surface area (Å²) in [5.41, 5.74) is 2.77. The van der Waals surface area contributed by atoms with E-state index in [1.165, 1.54) is 37.3 Å². The molecule has 0 spiro atoms. The van der Waals surface area contributed by atoms with Gasteiger partial charge < -0.3 is 19.7 Å². The summed E-state index contributed by atoms with van der Waals surface area (Å²) >= 11 is 0. The molecule has 0 aliphatic heterocycles. The minimum absolute atomic E-state index is 0.0237. The Balaban J connectivity index is 1.83. The van der Waals surface area contributed by atoms with Gasteiger partial charge in [-0.25, -0.2) is 8.42 Å². The number of aryl methyl sites for hydroxylation is 1. The van der Waals surface area contributed by atoms with Gasteiger partial charge in [0.25, 0.3) is 10.0 Å². The van der Waals surface area contributed by atoms with Crippen LogP contribution in [-0.2, 0) is 32.6 Å². The van der Waals surface area contributed by atoms with Crippen molar-refractivity contribution in [1.29, 1.82) is 0 Å². The summed E-state index contributed by atoms with van der Waals surface area (Å²) in [6.07, 6.45) is 0.945. The van der Waals surface area contributed by atoms with Gasteiger partial charge >= 0.3 is 0 Å². The third kappa shape index (κ3) is 8.92. The average molecular weight is 658 g/mol. The fourth-order valence-electron chi connectivity index (χ4n) is 5.12. The molecule has 2 amide bonds. The lowest BCUT2D eigenvalue weighted by molar-refractivity contribution is -0.140. The van der Waals surface area contributed by atoms with E-state index in [0.717, 1.165) is 21.0 Å². The zero-order valence-corrected chi connectivity index (χ0v) is 28.4. The Kier molecular flexibility index (Phi) is 12.0. The summed E-state index contributed by atoms with van der Waals surface area (Å²) in [5, 5.41) is 3.05. The SMILES string of the molecule is CC[C@@H](C)NC(=O)[C@H](Cc1ccccc1)N(Cc1ccccc1)C(=O)CN(c1ccc(OC)c(OC)c1)S(=O)(=O)c1ccc(C)cc1. The van der Waals surface area contributed by atoms with Crippen molar-refractivity contribution in [2.75, 3.05) is 25.1 Å². The third-order valence-corrected chi connectivity index (χ3v) is 9.80. The lowest BCUT2D eigenvalue weighted by Crippen LogP contribution is -2.54. The van der Waals surface area contributed by atoms with E-state index in [-0.39, 0.29) is 35.5 Å². The number of carbonyl (C=O) groups is 2. The molecule has 0 aliphatic rings. The maximum Gasteiger partial charge on any atom is 0.264 e. The number of ether oxygens (including phenoxy) is 2. The van der Waals surface area contributed by atoms with Gasteiger partial charge in [-0.3, -0.25) is 13.9 Å². The van der Waals surface area contributed by atoms with Crippen LogP contribution in [0.25, 0.3) is 0 Å². The van der Waals surface area contributed by atoms with Gasteiger partial charge in [0, 0.05) is 25.1 Å². The van der Waals surface area contributed by atoms with Crippen LogP contribution in [-0.4, -0.2) is 58.0 Å². The Morgan fingerprint density at radius 2 is 1.40 bits per heavy atom. The van der Waals surface area contributed by atoms with E-state index in [4.69, 9.17) is 9.47 Å². The predicted octanol–water partition coefficient (Wildman–Crippen LogP) is 5.76. The van der Waals surface area contributed by atoms with Gasteiger partial charge in [0.15, 0.2) is 11.5 Å². The van der Waals surface area contributed by atoms with Crippen molar-refractivity contribution in [3.05, 3.63) is 120 Å². The van der Waals surface area contributed by atoms with Crippen LogP contribution in [0.3, 0.4) is 0 Å². The minimum atomic E-state index is -4.26. The van der Waals surface area contributed by atoms with Crippen molar-refractivity contribution in [3.63, 3.8) is 0 Å². The van der Waals surface area contributed by atoms with Crippen LogP contribution < -0.4 is 19.1 Å². The quantitative estimate of drug-likeness (QED) is 0.174. The molecule has 4 rings (SSSR count). The number of hydrogen-bond acceptors (Lipinski definition) is 6. The molecule has 0 saturated carbocycles. The lowest BCUT2D eigenvalue weighted by atomic mass is 10.0. The van der Waals surface area contributed by atoms with E-state index in [1.54, 1.807) is 24.3 Å². The van der Waals surface area contributed by atoms with Crippen LogP contribution >= 0.6 is 0 Å². The van der Waals surface area contributed by atoms with Crippen molar-refractivity contribution < 1.29 is 27.5 Å². The molecular formula is C37H43N3O6S. The Labute approximate surface area is 278 Å². The van der Waals surface area contributed by atoms with Crippen LogP contribution in [0.5, 0.6) is 11.5 Å². The van der Waals surface area contributed by atoms with Crippen LogP contribution in [0.4, 0.5) is 5.69 Å². The number of hydrogen-bond donors (Lipinski definition) is 1. The first-order chi connectivity index (χ1) is 22.6. The summed E-state index contributed by atoms with van der Waals surface area (Å²) in [5.74, 6) is -0.144. The van der Waals surface area contributed by atoms with Crippen LogP contribution in [0, 0.1) is 6.92 Å². The van der Waals surface area contributed by atoms with Gasteiger partial charge in [0.1, 0.15) is 12.6 Å². The first kappa shape index (κ1) is 35.0. The molecule has 0 heterocycles. The highest BCUT2D eigenvalue weighted by Crippen LogP contribution is 2.34. The van der Waals surface area contributed by atoms with E-state index in [1.807, 2.05) is 81.4 Å². The van der Waals surface area contributed by atoms with Crippen LogP contribution in [0.1, 0.15) is 37.0 Å². The molecule has 0 saturated heterocycles. The first-order valence-corrected chi connectivity index (χ1v) is 17.0. The fraction of sp³-hybridized carbons (Fsp3) is 0.297. The summed E-state index contributed by atoms with van der Waals surface area (Å²) in [6.45, 7) is 5.27. The Hall–Kier alpha value is -4.83. The highest BCUT2D eigenvalue weighted by atomic mass is 32.2. The third-order valence-electron chi connectivity index (χ3n) is 8.01. The number of anilines is 1. The highest BCUT2D eigenvalue weighted by Gasteiger charge is 2.35. The molecular weight excluding hydrogens is 614 g/mol. The van der Waals surface area contributed by atoms with Gasteiger partial charge in [-0.1, -0.05) is 85.3 Å². The zero-order valence-electron chi connectivity index (χ0n) is 27.6. The second-order valence-electron chi connectivity index (χ2n) is 11.4. The molecule has 9 nitrogen and oxygen atoms in total. The number of nitrogens with one attached hydrogen (secondary N) is 1. The van der Waals surface area contributed by atoms with Gasteiger partial charge in [0.05, 0.1) is 24.8 Å². The Bertz CT molecular complexity index is 1730. The number of methoxy groups -OCH3 is 2. The maximum absolute atomic E-state index is 14.6. The topological polar surface area (TPSA) is 105 Å². The molecule has 0 radical (unpaired) electrons. The monoisotopic (exact) mass is 657 g/mol. The molecule has 1 N–H and O–H groups in total. The van der Waals surface area contributed by atoms with Crippen molar-refractivity contribution in [3.8, 4) is 11.5 Å². The van der Waals surface area contributed by atoms with Crippen LogP contribution in [0.2, 0.25) is 0 Å². The molecule has 0 unspecified atom stereocenters. The molecule has 0 aliphatic carbocycles. The second-order valence-corrected chi connectivity index (χ2v) is 13.3. The van der Waals surface area contributed by atoms with Gasteiger partial charge in [-0.2, -0.15) is 0 Å². The van der Waals surface area contributed by atoms with Gasteiger partial charge in [-0.15, -0.1) is 0 Å². The van der Waals surface area contributed by atoms with E-state index in [0.29, 0.717) is 17.9 Å². The van der Waals surface area contributed by atoms with Crippen molar-refractivity contribution >= 4 is 27.5 Å². The maximum atomic E-state index is 14.6. The molecule has 4 aromatic rings. The number of rotatable bonds is 15. The molecule has 0 aromatic heterocycles. The van der Waals surface area contributed by atoms with Gasteiger partial charge in [-0.05, 0) is 55.7 Å². The fourth-order valence-corrected chi connectivity index (χ4v) is 6.53. The average Bonchev–Trinajstić information content (AvgIpc) is 3.09. The molecule has 2 atom stereocenters. The van der Waals surface area contributed by atoms with Gasteiger partial charge in [0.2, 0.25) is 11.8 Å². The Morgan fingerprint density at radius 3 is 1.98 bits per heavy atom. The van der Waals surface area contributed by atoms with E-state index in [9.17, 15) is 18.0 Å². The second kappa shape index (κ2) is 16.1. The normalized spacial score (nSPS) is 12.4. The lowest BCUT2D eigenvalue weighted by Gasteiger charge is -2.34. The van der Waals surface area contributed by atoms with E-state index >= 15 is 0 Å². The summed E-state index contributed by atoms with van der Waals surface area (Å²) < 4.78 is 40.5. The molecule has 0 bridgehead atoms. The van der Waals surface area contributed by atoms with Crippen molar-refractivity contribution in [2.45, 2.75) is 57.1 Å². The van der Waals surface area contributed by atoms with Crippen LogP contribution in [0.15, 0.2) is 108 Å². The largest absolute Gasteiger partial charge is 0.493 e. The standard InChI is InChI=1S/C37H43N3O6S/c1-6-28(3)38-37(42)33(23-29-13-9-7-10-14-29)39(25-30-15-11-8-12-16-30)36(41)26-40(31-19-22-34(45-4)35(24-31)46-5)47(43,44)32-20-17-27(2)18-21-32/h7-22,24,28,33H,6,23,25-26H2,1-5H3,(H,38,42)/t28-,33+/m1/s1. The smallest absolute Gasteiger partial charge is 0.264 e. The van der Waals surface area contributed by atoms with Crippen molar-refractivity contribution in [2.24, 2.45) is 0 Å². The molecule has 47 heavy (non-hydrogen) atoms. The zero-order chi connectivity index (χ0) is 34.0. The number of benzene rings is 4. The summed E-state index contributed by atoms with van der Waals surface area (Å²) in [7, 11) is -1.31. The molecule has 248 valence electrons. The first-order valence-electron chi connectivity index (χ1n) is 15.6. The van der Waals surface area contributed by atoms with E-state index in [2.05, 4.69) is 5.32 Å². The van der Waals surface area contributed by atoms with E-state index < -0.39 is 28.5 Å². The summed E-state index contributed by atoms with van der Waals surface area (Å²) in [4.78, 5) is 30.1. The number of carbonyl (C=O) groups excluding carboxylic acids is 2. The Morgan fingerprint density at radius 1 is 0.809 bits per heavy atom. The number of amides is 2. The minimum Gasteiger partial charge on any atom is -0.493 e. The number of sulfonamides is 1. The van der Waals surface area contributed by atoms with Crippen molar-refractivity contribution in [1.82, 2.24) is 10.2 Å².